The summed E-state index contributed by atoms with van der Waals surface area (Å²) in [5.41, 5.74) is 6.96. The first kappa shape index (κ1) is 16.9. The van der Waals surface area contributed by atoms with Gasteiger partial charge >= 0.3 is 0 Å². The molecule has 0 saturated carbocycles. The van der Waals surface area contributed by atoms with Gasteiger partial charge in [0.2, 0.25) is 6.79 Å². The summed E-state index contributed by atoms with van der Waals surface area (Å²) >= 11 is 0. The van der Waals surface area contributed by atoms with Crippen molar-refractivity contribution in [1.82, 2.24) is 5.32 Å². The molecule has 0 aliphatic carbocycles. The van der Waals surface area contributed by atoms with Crippen LogP contribution in [0.3, 0.4) is 0 Å². The Kier molecular flexibility index (Phi) is 6.90. The van der Waals surface area contributed by atoms with E-state index in [1.54, 1.807) is 0 Å². The monoisotopic (exact) mass is 391 g/mol. The van der Waals surface area contributed by atoms with Gasteiger partial charge in [0.1, 0.15) is 0 Å². The van der Waals surface area contributed by atoms with Crippen LogP contribution in [-0.4, -0.2) is 25.8 Å². The molecule has 5 nitrogen and oxygen atoms in total. The average Bonchev–Trinajstić information content (AvgIpc) is 2.83. The molecule has 6 heteroatoms. The van der Waals surface area contributed by atoms with Crippen molar-refractivity contribution in [2.24, 2.45) is 16.6 Å². The van der Waals surface area contributed by atoms with Crippen molar-refractivity contribution < 1.29 is 9.47 Å². The van der Waals surface area contributed by atoms with Crippen molar-refractivity contribution in [3.05, 3.63) is 23.8 Å². The van der Waals surface area contributed by atoms with E-state index in [9.17, 15) is 0 Å². The minimum atomic E-state index is 0. The first-order valence-corrected chi connectivity index (χ1v) is 6.57. The number of halogens is 1. The minimum absolute atomic E-state index is 0. The summed E-state index contributed by atoms with van der Waals surface area (Å²) in [5.74, 6) is 2.66. The minimum Gasteiger partial charge on any atom is -0.454 e. The Morgan fingerprint density at radius 3 is 2.85 bits per heavy atom. The number of ether oxygens (including phenoxy) is 2. The van der Waals surface area contributed by atoms with Crippen LogP contribution in [0.5, 0.6) is 11.5 Å². The average molecular weight is 391 g/mol. The molecule has 1 aliphatic rings. The van der Waals surface area contributed by atoms with Crippen molar-refractivity contribution >= 4 is 29.9 Å². The van der Waals surface area contributed by atoms with Gasteiger partial charge in [0.25, 0.3) is 0 Å². The van der Waals surface area contributed by atoms with Gasteiger partial charge in [-0.2, -0.15) is 0 Å². The molecule has 0 unspecified atom stereocenters. The zero-order valence-corrected chi connectivity index (χ0v) is 14.2. The third kappa shape index (κ3) is 5.07. The Morgan fingerprint density at radius 2 is 2.10 bits per heavy atom. The van der Waals surface area contributed by atoms with Crippen molar-refractivity contribution in [2.75, 3.05) is 19.9 Å². The van der Waals surface area contributed by atoms with Crippen LogP contribution in [0, 0.1) is 5.92 Å². The summed E-state index contributed by atoms with van der Waals surface area (Å²) in [7, 11) is 0. The van der Waals surface area contributed by atoms with E-state index in [-0.39, 0.29) is 24.0 Å². The number of hydrogen-bond acceptors (Lipinski definition) is 3. The van der Waals surface area contributed by atoms with Crippen LogP contribution in [0.1, 0.15) is 19.4 Å². The molecule has 1 aliphatic heterocycles. The highest BCUT2D eigenvalue weighted by Gasteiger charge is 2.12. The molecule has 0 aromatic heterocycles. The van der Waals surface area contributed by atoms with Crippen LogP contribution in [0.15, 0.2) is 23.2 Å². The summed E-state index contributed by atoms with van der Waals surface area (Å²) in [6.45, 7) is 6.05. The first-order chi connectivity index (χ1) is 9.15. The topological polar surface area (TPSA) is 68.9 Å². The standard InChI is InChI=1S/C14H21N3O2.HI/c1-10(2)8-17-14(15)16-6-5-11-3-4-12-13(7-11)19-9-18-12;/h3-4,7,10H,5-6,8-9H2,1-2H3,(H3,15,16,17);1H. The number of rotatable bonds is 5. The number of fused-ring (bicyclic) bond motifs is 1. The van der Waals surface area contributed by atoms with Crippen LogP contribution < -0.4 is 20.5 Å². The van der Waals surface area contributed by atoms with Gasteiger partial charge in [0.15, 0.2) is 17.5 Å². The van der Waals surface area contributed by atoms with Gasteiger partial charge in [-0.15, -0.1) is 24.0 Å². The van der Waals surface area contributed by atoms with Crippen molar-refractivity contribution in [3.63, 3.8) is 0 Å². The molecule has 1 aromatic carbocycles. The quantitative estimate of drug-likeness (QED) is 0.459. The molecule has 1 aromatic rings. The molecule has 0 bridgehead atoms. The first-order valence-electron chi connectivity index (χ1n) is 6.57. The van der Waals surface area contributed by atoms with Crippen molar-refractivity contribution in [1.29, 1.82) is 0 Å². The zero-order valence-electron chi connectivity index (χ0n) is 11.9. The predicted octanol–water partition coefficient (Wildman–Crippen LogP) is 2.14. The van der Waals surface area contributed by atoms with Gasteiger partial charge < -0.3 is 20.5 Å². The molecule has 112 valence electrons. The zero-order chi connectivity index (χ0) is 13.7. The van der Waals surface area contributed by atoms with Crippen LogP contribution in [0.2, 0.25) is 0 Å². The second kappa shape index (κ2) is 8.18. The SMILES string of the molecule is CC(C)CN=C(N)NCCc1ccc2c(c1)OCO2.I. The third-order valence-electron chi connectivity index (χ3n) is 2.78. The van der Waals surface area contributed by atoms with Crippen LogP contribution in [-0.2, 0) is 6.42 Å². The maximum absolute atomic E-state index is 5.77. The predicted molar refractivity (Wildman–Crippen MR) is 91.0 cm³/mol. The number of nitrogens with two attached hydrogens (primary N) is 1. The van der Waals surface area contributed by atoms with Crippen LogP contribution in [0.25, 0.3) is 0 Å². The van der Waals surface area contributed by atoms with Gasteiger partial charge in [0, 0.05) is 13.1 Å². The molecule has 1 heterocycles. The number of hydrogen-bond donors (Lipinski definition) is 2. The molecule has 0 saturated heterocycles. The summed E-state index contributed by atoms with van der Waals surface area (Å²) in [5, 5.41) is 3.11. The fourth-order valence-corrected chi connectivity index (χ4v) is 1.77. The van der Waals surface area contributed by atoms with Gasteiger partial charge in [-0.3, -0.25) is 4.99 Å². The Hall–Kier alpha value is -1.18. The molecule has 0 radical (unpaired) electrons. The number of nitrogens with one attached hydrogen (secondary N) is 1. The molecule has 0 spiro atoms. The lowest BCUT2D eigenvalue weighted by Gasteiger charge is -2.07. The highest BCUT2D eigenvalue weighted by Crippen LogP contribution is 2.32. The van der Waals surface area contributed by atoms with Crippen molar-refractivity contribution in [3.8, 4) is 11.5 Å². The van der Waals surface area contributed by atoms with E-state index in [0.717, 1.165) is 31.0 Å². The summed E-state index contributed by atoms with van der Waals surface area (Å²) in [6.07, 6.45) is 0.870. The van der Waals surface area contributed by atoms with E-state index in [0.29, 0.717) is 18.7 Å². The largest absolute Gasteiger partial charge is 0.454 e. The maximum atomic E-state index is 5.77. The molecule has 0 fully saturated rings. The van der Waals surface area contributed by atoms with E-state index < -0.39 is 0 Å². The normalized spacial score (nSPS) is 13.2. The van der Waals surface area contributed by atoms with E-state index in [1.807, 2.05) is 18.2 Å². The second-order valence-corrected chi connectivity index (χ2v) is 4.98. The summed E-state index contributed by atoms with van der Waals surface area (Å²) < 4.78 is 10.6. The molecule has 0 amide bonds. The Labute approximate surface area is 137 Å². The highest BCUT2D eigenvalue weighted by atomic mass is 127. The Morgan fingerprint density at radius 1 is 1.35 bits per heavy atom. The number of guanidine groups is 1. The summed E-state index contributed by atoms with van der Waals surface area (Å²) in [6, 6.07) is 5.98. The van der Waals surface area contributed by atoms with Gasteiger partial charge in [-0.05, 0) is 30.0 Å². The third-order valence-corrected chi connectivity index (χ3v) is 2.78. The molecule has 20 heavy (non-hydrogen) atoms. The fourth-order valence-electron chi connectivity index (χ4n) is 1.77. The Balaban J connectivity index is 0.00000200. The Bertz CT molecular complexity index is 464. The van der Waals surface area contributed by atoms with Crippen molar-refractivity contribution in [2.45, 2.75) is 20.3 Å². The van der Waals surface area contributed by atoms with Gasteiger partial charge in [-0.25, -0.2) is 0 Å². The fraction of sp³-hybridized carbons (Fsp3) is 0.500. The van der Waals surface area contributed by atoms with Crippen LogP contribution in [0.4, 0.5) is 0 Å². The van der Waals surface area contributed by atoms with E-state index in [2.05, 4.69) is 24.2 Å². The molecular formula is C14H22IN3O2. The van der Waals surface area contributed by atoms with Gasteiger partial charge in [0.05, 0.1) is 0 Å². The smallest absolute Gasteiger partial charge is 0.231 e. The lowest BCUT2D eigenvalue weighted by atomic mass is 10.1. The van der Waals surface area contributed by atoms with E-state index in [4.69, 9.17) is 15.2 Å². The lowest BCUT2D eigenvalue weighted by molar-refractivity contribution is 0.174. The summed E-state index contributed by atoms with van der Waals surface area (Å²) in [4.78, 5) is 4.25. The molecule has 0 atom stereocenters. The number of nitrogens with zero attached hydrogens (tertiary/aromatic N) is 1. The molecular weight excluding hydrogens is 369 g/mol. The highest BCUT2D eigenvalue weighted by molar-refractivity contribution is 14.0. The number of benzene rings is 1. The van der Waals surface area contributed by atoms with Crippen LogP contribution >= 0.6 is 24.0 Å². The van der Waals surface area contributed by atoms with E-state index >= 15 is 0 Å². The molecule has 3 N–H and O–H groups in total. The van der Waals surface area contributed by atoms with Gasteiger partial charge in [-0.1, -0.05) is 19.9 Å². The molecule has 2 rings (SSSR count). The van der Waals surface area contributed by atoms with E-state index in [1.165, 1.54) is 5.56 Å². The number of aliphatic imine (C=N–C) groups is 1. The second-order valence-electron chi connectivity index (χ2n) is 4.98. The lowest BCUT2D eigenvalue weighted by Crippen LogP contribution is -2.33. The maximum Gasteiger partial charge on any atom is 0.231 e.